The number of aliphatic imine (C=N–C) groups is 1. The van der Waals surface area contributed by atoms with Gasteiger partial charge in [-0.05, 0) is 34.4 Å². The van der Waals surface area contributed by atoms with Gasteiger partial charge in [-0.3, -0.25) is 4.99 Å². The summed E-state index contributed by atoms with van der Waals surface area (Å²) in [5.41, 5.74) is 4.26. The Labute approximate surface area is 205 Å². The van der Waals surface area contributed by atoms with Crippen LogP contribution in [-0.2, 0) is 21.7 Å². The van der Waals surface area contributed by atoms with E-state index in [-0.39, 0.29) is 21.7 Å². The molecule has 0 aliphatic heterocycles. The van der Waals surface area contributed by atoms with E-state index in [0.717, 1.165) is 42.3 Å². The third kappa shape index (κ3) is 5.68. The molecule has 0 unspecified atom stereocenters. The van der Waals surface area contributed by atoms with Gasteiger partial charge in [0.05, 0.1) is 0 Å². The van der Waals surface area contributed by atoms with Crippen molar-refractivity contribution in [2.45, 2.75) is 39.5 Å². The molecule has 0 radical (unpaired) electrons. The van der Waals surface area contributed by atoms with Crippen LogP contribution in [-0.4, -0.2) is 37.1 Å². The van der Waals surface area contributed by atoms with Crippen LogP contribution in [0.2, 0.25) is 0 Å². The van der Waals surface area contributed by atoms with Crippen molar-refractivity contribution in [1.82, 2.24) is 9.97 Å². The minimum atomic E-state index is 0. The molecule has 0 saturated heterocycles. The summed E-state index contributed by atoms with van der Waals surface area (Å²) in [6.45, 7) is 6.06. The molecule has 2 aromatic heterocycles. The van der Waals surface area contributed by atoms with Gasteiger partial charge in [0.25, 0.3) is 0 Å². The first-order valence-electron chi connectivity index (χ1n) is 11.2. The van der Waals surface area contributed by atoms with Gasteiger partial charge in [0.15, 0.2) is 0 Å². The topological polar surface area (TPSA) is 43.6 Å². The number of rotatable bonds is 9. The quantitative estimate of drug-likeness (QED) is 0.148. The fourth-order valence-electron chi connectivity index (χ4n) is 4.19. The molecule has 0 fully saturated rings. The number of aromatic nitrogens is 2. The molecule has 32 heavy (non-hydrogen) atoms. The largest absolute Gasteiger partial charge is 2.00 e. The monoisotopic (exact) mass is 459 g/mol. The number of unbranched alkanes of at least 4 members (excludes halogenated alkanes) is 3. The Morgan fingerprint density at radius 1 is 0.750 bits per heavy atom. The van der Waals surface area contributed by atoms with Crippen molar-refractivity contribution in [3.8, 4) is 0 Å². The normalized spacial score (nSPS) is 12.2. The van der Waals surface area contributed by atoms with E-state index < -0.39 is 0 Å². The van der Waals surface area contributed by atoms with Crippen molar-refractivity contribution in [1.29, 1.82) is 0 Å². The Kier molecular flexibility index (Phi) is 8.66. The first kappa shape index (κ1) is 24.2. The van der Waals surface area contributed by atoms with Crippen LogP contribution in [0, 0.1) is 13.8 Å². The van der Waals surface area contributed by atoms with Gasteiger partial charge in [0.1, 0.15) is 19.8 Å². The molecule has 4 nitrogen and oxygen atoms in total. The molecule has 2 aromatic carbocycles. The zero-order valence-electron chi connectivity index (χ0n) is 19.3. The average Bonchev–Trinajstić information content (AvgIpc) is 3.27. The van der Waals surface area contributed by atoms with Crippen molar-refractivity contribution >= 4 is 34.0 Å². The molecule has 0 N–H and O–H groups in total. The Balaban J connectivity index is 0.00000289. The minimum Gasteiger partial charge on any atom is -0.659 e. The minimum absolute atomic E-state index is 0. The van der Waals surface area contributed by atoms with Gasteiger partial charge in [0, 0.05) is 19.2 Å². The third-order valence-electron chi connectivity index (χ3n) is 5.87. The smallest absolute Gasteiger partial charge is 0.659 e. The summed E-state index contributed by atoms with van der Waals surface area (Å²) in [5, 5.41) is 4.92. The molecule has 0 aliphatic rings. The summed E-state index contributed by atoms with van der Waals surface area (Å²) >= 11 is 0. The molecule has 0 bridgehead atoms. The molecule has 162 valence electrons. The second-order valence-corrected chi connectivity index (χ2v) is 8.32. The first-order chi connectivity index (χ1) is 15.1. The summed E-state index contributed by atoms with van der Waals surface area (Å²) in [5.74, 6) is 0. The predicted octanol–water partition coefficient (Wildman–Crippen LogP) is 5.26. The number of benzene rings is 2. The van der Waals surface area contributed by atoms with Gasteiger partial charge >= 0.3 is 21.7 Å². The Morgan fingerprint density at radius 2 is 1.28 bits per heavy atom. The van der Waals surface area contributed by atoms with Crippen LogP contribution in [0.1, 0.15) is 48.5 Å². The van der Waals surface area contributed by atoms with Gasteiger partial charge in [-0.2, -0.15) is 11.4 Å². The molecular weight excluding hydrogens is 428 g/mol. The maximum Gasteiger partial charge on any atom is 2.00 e. The van der Waals surface area contributed by atoms with Gasteiger partial charge < -0.3 is 9.97 Å². The second kappa shape index (κ2) is 11.4. The zero-order chi connectivity index (χ0) is 21.6. The average molecular weight is 459 g/mol. The summed E-state index contributed by atoms with van der Waals surface area (Å²) in [6.07, 6.45) is 8.85. The fraction of sp³-hybridized carbons (Fsp3) is 0.333. The van der Waals surface area contributed by atoms with Gasteiger partial charge in [0.2, 0.25) is 0 Å². The van der Waals surface area contributed by atoms with E-state index in [1.165, 1.54) is 40.8 Å². The molecule has 0 saturated carbocycles. The summed E-state index contributed by atoms with van der Waals surface area (Å²) < 4.78 is 2.26. The van der Waals surface area contributed by atoms with Crippen LogP contribution in [0.5, 0.6) is 0 Å². The summed E-state index contributed by atoms with van der Waals surface area (Å²) in [7, 11) is 2.14. The van der Waals surface area contributed by atoms with Crippen molar-refractivity contribution in [3.05, 3.63) is 71.3 Å². The predicted molar refractivity (Wildman–Crippen MR) is 131 cm³/mol. The number of hydrogen-bond acceptors (Lipinski definition) is 1. The number of fused-ring (bicyclic) bond motifs is 2. The van der Waals surface area contributed by atoms with E-state index in [1.807, 2.05) is 6.21 Å². The van der Waals surface area contributed by atoms with E-state index in [0.29, 0.717) is 0 Å². The second-order valence-electron chi connectivity index (χ2n) is 8.32. The fourth-order valence-corrected chi connectivity index (χ4v) is 4.19. The van der Waals surface area contributed by atoms with Crippen molar-refractivity contribution < 1.29 is 26.3 Å². The van der Waals surface area contributed by atoms with E-state index >= 15 is 0 Å². The van der Waals surface area contributed by atoms with Crippen LogP contribution < -0.4 is 9.97 Å². The van der Waals surface area contributed by atoms with E-state index in [2.05, 4.69) is 90.2 Å². The third-order valence-corrected chi connectivity index (χ3v) is 5.87. The first-order valence-corrected chi connectivity index (χ1v) is 11.2. The molecule has 0 atom stereocenters. The van der Waals surface area contributed by atoms with Crippen LogP contribution in [0.25, 0.3) is 21.5 Å². The van der Waals surface area contributed by atoms with Crippen molar-refractivity contribution in [2.24, 2.45) is 4.99 Å². The van der Waals surface area contributed by atoms with Crippen LogP contribution in [0.4, 0.5) is 0 Å². The van der Waals surface area contributed by atoms with Crippen LogP contribution in [0.3, 0.4) is 0 Å². The Morgan fingerprint density at radius 3 is 1.94 bits per heavy atom. The van der Waals surface area contributed by atoms with E-state index in [1.54, 1.807) is 0 Å². The molecule has 0 aliphatic carbocycles. The molecule has 4 rings (SSSR count). The molecule has 0 spiro atoms. The molecule has 4 aromatic rings. The molecule has 5 heteroatoms. The number of hydrogen-bond donors (Lipinski definition) is 0. The zero-order valence-corrected chi connectivity index (χ0v) is 20.9. The van der Waals surface area contributed by atoms with Crippen LogP contribution in [0.15, 0.2) is 53.5 Å². The van der Waals surface area contributed by atoms with Crippen LogP contribution >= 0.6 is 0 Å². The Bertz CT molecular complexity index is 1230. The maximum atomic E-state index is 4.74. The van der Waals surface area contributed by atoms with Crippen molar-refractivity contribution in [3.63, 3.8) is 0 Å². The molecular formula is C27H31N4Ti+. The Hall–Kier alpha value is -2.43. The maximum absolute atomic E-state index is 4.74. The molecule has 2 heterocycles. The SMILES string of the molecule is Cc1[n-]c(C=NCCCCCC[N+](C)=Cc2[n-]c(C)c3ccccc23)c2ccccc12.[Ti+2]. The summed E-state index contributed by atoms with van der Waals surface area (Å²) in [6, 6.07) is 16.8. The number of nitrogens with zero attached hydrogens (tertiary/aromatic N) is 4. The van der Waals surface area contributed by atoms with E-state index in [9.17, 15) is 0 Å². The number of aryl methyl sites for hydroxylation is 2. The van der Waals surface area contributed by atoms with E-state index in [4.69, 9.17) is 4.98 Å². The van der Waals surface area contributed by atoms with Gasteiger partial charge in [-0.25, -0.2) is 4.58 Å². The van der Waals surface area contributed by atoms with Gasteiger partial charge in [-0.1, -0.05) is 74.5 Å². The van der Waals surface area contributed by atoms with Gasteiger partial charge in [-0.15, -0.1) is 5.69 Å². The molecule has 0 amide bonds. The standard InChI is InChI=1S/C27H31N4.Ti/c1-20-22-12-6-8-14-24(22)26(29-20)18-28-16-10-4-5-11-17-31(3)19-27-25-15-9-7-13-23(25)21(2)30-27;/h6-9,12-15,18-19H,4-5,10-11,16-17H2,1-3H3;/q-1;+2. The summed E-state index contributed by atoms with van der Waals surface area (Å²) in [4.78, 5) is 14.0. The van der Waals surface area contributed by atoms with Crippen molar-refractivity contribution in [2.75, 3.05) is 20.1 Å².